The molecule has 2 rings (SSSR count). The fraction of sp³-hybridized carbons (Fsp3) is 0.353. The Hall–Kier alpha value is -2.63. The van der Waals surface area contributed by atoms with E-state index in [9.17, 15) is 9.59 Å². The molecule has 122 valence electrons. The highest BCUT2D eigenvalue weighted by atomic mass is 16.5. The molecule has 1 N–H and O–H groups in total. The molecule has 0 saturated heterocycles. The molecule has 0 fully saturated rings. The molecule has 1 aromatic heterocycles. The second kappa shape index (κ2) is 7.58. The van der Waals surface area contributed by atoms with Crippen LogP contribution in [0.3, 0.4) is 0 Å². The van der Waals surface area contributed by atoms with Gasteiger partial charge in [0.2, 0.25) is 5.91 Å². The van der Waals surface area contributed by atoms with Gasteiger partial charge in [-0.1, -0.05) is 0 Å². The number of nitrogens with zero attached hydrogens (tertiary/aromatic N) is 2. The molecule has 0 radical (unpaired) electrons. The molecule has 0 bridgehead atoms. The lowest BCUT2D eigenvalue weighted by atomic mass is 10.2. The highest BCUT2D eigenvalue weighted by molar-refractivity contribution is 5.93. The third-order valence-corrected chi connectivity index (χ3v) is 3.33. The van der Waals surface area contributed by atoms with Crippen LogP contribution in [0.5, 0.6) is 0 Å². The standard InChI is InChI=1S/C17H21N3O3/c1-4-23-17(22)14-5-7-15(8-6-14)18-16(21)9-10-20-13(3)11-12(2)19-20/h5-8,11H,4,9-10H2,1-3H3,(H,18,21). The minimum absolute atomic E-state index is 0.0959. The van der Waals surface area contributed by atoms with E-state index < -0.39 is 0 Å². The molecule has 0 aliphatic carbocycles. The van der Waals surface area contributed by atoms with Gasteiger partial charge < -0.3 is 10.1 Å². The van der Waals surface area contributed by atoms with Gasteiger partial charge in [0.1, 0.15) is 0 Å². The van der Waals surface area contributed by atoms with Crippen LogP contribution in [-0.2, 0) is 16.1 Å². The van der Waals surface area contributed by atoms with Crippen molar-refractivity contribution in [2.24, 2.45) is 0 Å². The minimum atomic E-state index is -0.366. The van der Waals surface area contributed by atoms with Crippen LogP contribution in [0.4, 0.5) is 5.69 Å². The van der Waals surface area contributed by atoms with Crippen LogP contribution in [0.15, 0.2) is 30.3 Å². The third kappa shape index (κ3) is 4.67. The van der Waals surface area contributed by atoms with Gasteiger partial charge in [-0.25, -0.2) is 4.79 Å². The average Bonchev–Trinajstić information content (AvgIpc) is 2.84. The van der Waals surface area contributed by atoms with Crippen molar-refractivity contribution in [3.8, 4) is 0 Å². The van der Waals surface area contributed by atoms with Gasteiger partial charge in [0.15, 0.2) is 0 Å². The van der Waals surface area contributed by atoms with Crippen LogP contribution >= 0.6 is 0 Å². The molecule has 0 aliphatic rings. The number of hydrogen-bond acceptors (Lipinski definition) is 4. The zero-order valence-electron chi connectivity index (χ0n) is 13.6. The predicted molar refractivity (Wildman–Crippen MR) is 87.3 cm³/mol. The largest absolute Gasteiger partial charge is 0.462 e. The lowest BCUT2D eigenvalue weighted by Crippen LogP contribution is -2.15. The summed E-state index contributed by atoms with van der Waals surface area (Å²) in [5.41, 5.74) is 3.09. The Balaban J connectivity index is 1.87. The molecule has 1 amide bonds. The molecule has 2 aromatic rings. The summed E-state index contributed by atoms with van der Waals surface area (Å²) in [5, 5.41) is 7.13. The summed E-state index contributed by atoms with van der Waals surface area (Å²) < 4.78 is 6.73. The van der Waals surface area contributed by atoms with E-state index in [-0.39, 0.29) is 11.9 Å². The summed E-state index contributed by atoms with van der Waals surface area (Å²) >= 11 is 0. The topological polar surface area (TPSA) is 73.2 Å². The van der Waals surface area contributed by atoms with Crippen molar-refractivity contribution in [2.45, 2.75) is 33.7 Å². The van der Waals surface area contributed by atoms with Gasteiger partial charge in [-0.2, -0.15) is 5.10 Å². The molecule has 1 aromatic carbocycles. The van der Waals surface area contributed by atoms with E-state index >= 15 is 0 Å². The highest BCUT2D eigenvalue weighted by Crippen LogP contribution is 2.11. The Morgan fingerprint density at radius 2 is 1.91 bits per heavy atom. The molecule has 1 heterocycles. The lowest BCUT2D eigenvalue weighted by Gasteiger charge is -2.07. The first kappa shape index (κ1) is 16.7. The van der Waals surface area contributed by atoms with Crippen LogP contribution in [0.1, 0.15) is 35.1 Å². The molecule has 0 atom stereocenters. The minimum Gasteiger partial charge on any atom is -0.462 e. The van der Waals surface area contributed by atoms with Crippen molar-refractivity contribution in [2.75, 3.05) is 11.9 Å². The fourth-order valence-corrected chi connectivity index (χ4v) is 2.24. The quantitative estimate of drug-likeness (QED) is 0.832. The van der Waals surface area contributed by atoms with Crippen LogP contribution in [0, 0.1) is 13.8 Å². The number of hydrogen-bond donors (Lipinski definition) is 1. The SMILES string of the molecule is CCOC(=O)c1ccc(NC(=O)CCn2nc(C)cc2C)cc1. The second-order valence-electron chi connectivity index (χ2n) is 5.25. The van der Waals surface area contributed by atoms with Crippen LogP contribution in [0.2, 0.25) is 0 Å². The number of benzene rings is 1. The number of aromatic nitrogens is 2. The van der Waals surface area contributed by atoms with Crippen LogP contribution in [0.25, 0.3) is 0 Å². The predicted octanol–water partition coefficient (Wildman–Crippen LogP) is 2.71. The molecule has 0 saturated carbocycles. The van der Waals surface area contributed by atoms with Gasteiger partial charge in [0.25, 0.3) is 0 Å². The van der Waals surface area contributed by atoms with Gasteiger partial charge in [-0.3, -0.25) is 9.48 Å². The molecule has 0 unspecified atom stereocenters. The third-order valence-electron chi connectivity index (χ3n) is 3.33. The molecule has 6 heteroatoms. The first-order chi connectivity index (χ1) is 11.0. The smallest absolute Gasteiger partial charge is 0.338 e. The van der Waals surface area contributed by atoms with E-state index in [1.165, 1.54) is 0 Å². The second-order valence-corrected chi connectivity index (χ2v) is 5.25. The molecular weight excluding hydrogens is 294 g/mol. The van der Waals surface area contributed by atoms with Gasteiger partial charge in [0, 0.05) is 24.3 Å². The Labute approximate surface area is 135 Å². The van der Waals surface area contributed by atoms with Crippen LogP contribution < -0.4 is 5.32 Å². The first-order valence-electron chi connectivity index (χ1n) is 7.57. The van der Waals surface area contributed by atoms with E-state index in [1.807, 2.05) is 24.6 Å². The number of amides is 1. The number of nitrogens with one attached hydrogen (secondary N) is 1. The van der Waals surface area contributed by atoms with E-state index in [2.05, 4.69) is 10.4 Å². The van der Waals surface area contributed by atoms with Crippen LogP contribution in [-0.4, -0.2) is 28.3 Å². The Kier molecular flexibility index (Phi) is 5.51. The lowest BCUT2D eigenvalue weighted by molar-refractivity contribution is -0.116. The van der Waals surface area contributed by atoms with Crippen molar-refractivity contribution in [3.63, 3.8) is 0 Å². The molecular formula is C17H21N3O3. The number of carbonyl (C=O) groups is 2. The monoisotopic (exact) mass is 315 g/mol. The van der Waals surface area contributed by atoms with Gasteiger partial charge in [-0.15, -0.1) is 0 Å². The number of ether oxygens (including phenoxy) is 1. The zero-order valence-corrected chi connectivity index (χ0v) is 13.6. The summed E-state index contributed by atoms with van der Waals surface area (Å²) in [7, 11) is 0. The van der Waals surface area contributed by atoms with Crippen molar-refractivity contribution in [1.82, 2.24) is 9.78 Å². The van der Waals surface area contributed by atoms with Crippen molar-refractivity contribution in [1.29, 1.82) is 0 Å². The summed E-state index contributed by atoms with van der Waals surface area (Å²) in [6.45, 7) is 6.52. The summed E-state index contributed by atoms with van der Waals surface area (Å²) in [6.07, 6.45) is 0.335. The Morgan fingerprint density at radius 1 is 1.22 bits per heavy atom. The van der Waals surface area contributed by atoms with E-state index in [0.29, 0.717) is 30.8 Å². The Bertz CT molecular complexity index is 690. The Morgan fingerprint density at radius 3 is 2.48 bits per heavy atom. The fourth-order valence-electron chi connectivity index (χ4n) is 2.24. The summed E-state index contributed by atoms with van der Waals surface area (Å²) in [5.74, 6) is -0.462. The number of esters is 1. The number of anilines is 1. The maximum atomic E-state index is 12.0. The van der Waals surface area contributed by atoms with Crippen molar-refractivity contribution >= 4 is 17.6 Å². The molecule has 0 spiro atoms. The highest BCUT2D eigenvalue weighted by Gasteiger charge is 2.08. The van der Waals surface area contributed by atoms with E-state index in [1.54, 1.807) is 31.2 Å². The van der Waals surface area contributed by atoms with Gasteiger partial charge in [-0.05, 0) is 51.1 Å². The summed E-state index contributed by atoms with van der Waals surface area (Å²) in [4.78, 5) is 23.5. The normalized spacial score (nSPS) is 10.4. The zero-order chi connectivity index (χ0) is 16.8. The summed E-state index contributed by atoms with van der Waals surface area (Å²) in [6, 6.07) is 8.62. The number of aryl methyl sites for hydroxylation is 3. The average molecular weight is 315 g/mol. The first-order valence-corrected chi connectivity index (χ1v) is 7.57. The van der Waals surface area contributed by atoms with Gasteiger partial charge in [0.05, 0.1) is 17.9 Å². The number of carbonyl (C=O) groups excluding carboxylic acids is 2. The maximum Gasteiger partial charge on any atom is 0.338 e. The maximum absolute atomic E-state index is 12.0. The van der Waals surface area contributed by atoms with Gasteiger partial charge >= 0.3 is 5.97 Å². The van der Waals surface area contributed by atoms with E-state index in [4.69, 9.17) is 4.74 Å². The van der Waals surface area contributed by atoms with Crippen molar-refractivity contribution in [3.05, 3.63) is 47.3 Å². The number of rotatable bonds is 6. The molecule has 23 heavy (non-hydrogen) atoms. The molecule has 6 nitrogen and oxygen atoms in total. The van der Waals surface area contributed by atoms with Crippen molar-refractivity contribution < 1.29 is 14.3 Å². The van der Waals surface area contributed by atoms with E-state index in [0.717, 1.165) is 11.4 Å². The molecule has 0 aliphatic heterocycles.